The van der Waals surface area contributed by atoms with E-state index in [1.54, 1.807) is 6.26 Å². The van der Waals surface area contributed by atoms with Gasteiger partial charge in [-0.05, 0) is 37.1 Å². The van der Waals surface area contributed by atoms with E-state index in [1.165, 1.54) is 0 Å². The molecule has 0 spiro atoms. The third-order valence-electron chi connectivity index (χ3n) is 3.84. The number of carbonyl (C=O) groups is 1. The van der Waals surface area contributed by atoms with Gasteiger partial charge in [0, 0.05) is 29.6 Å². The summed E-state index contributed by atoms with van der Waals surface area (Å²) in [6.07, 6.45) is 5.69. The number of H-pyrrole nitrogens is 1. The number of aromatic nitrogens is 1. The molecule has 3 aromatic rings. The highest BCUT2D eigenvalue weighted by Crippen LogP contribution is 2.18. The van der Waals surface area contributed by atoms with Crippen LogP contribution in [-0.4, -0.2) is 16.9 Å². The van der Waals surface area contributed by atoms with Crippen LogP contribution in [0.15, 0.2) is 53.3 Å². The first-order valence-electron chi connectivity index (χ1n) is 7.59. The molecule has 0 radical (unpaired) electrons. The molecule has 4 nitrogen and oxygen atoms in total. The molecule has 22 heavy (non-hydrogen) atoms. The van der Waals surface area contributed by atoms with E-state index >= 15 is 0 Å². The largest absolute Gasteiger partial charge is 0.469 e. The van der Waals surface area contributed by atoms with Crippen molar-refractivity contribution in [1.82, 2.24) is 10.3 Å². The van der Waals surface area contributed by atoms with Crippen molar-refractivity contribution < 1.29 is 9.21 Å². The maximum atomic E-state index is 12.2. The Hall–Kier alpha value is -2.49. The standard InChI is InChI=1S/C18H20N2O2/c1-13(8-9-15-5-4-10-22-15)20-18(21)11-14-12-19-17-7-3-2-6-16(14)17/h2-7,10,12-13,19H,8-9,11H2,1H3,(H,20,21)/t13-/m0/s1. The minimum Gasteiger partial charge on any atom is -0.469 e. The predicted octanol–water partition coefficient (Wildman–Crippen LogP) is 3.44. The van der Waals surface area contributed by atoms with Gasteiger partial charge in [-0.3, -0.25) is 4.79 Å². The molecule has 3 rings (SSSR count). The summed E-state index contributed by atoms with van der Waals surface area (Å²) >= 11 is 0. The van der Waals surface area contributed by atoms with Gasteiger partial charge in [-0.2, -0.15) is 0 Å². The van der Waals surface area contributed by atoms with Gasteiger partial charge in [-0.15, -0.1) is 0 Å². The normalized spacial score (nSPS) is 12.4. The molecule has 0 unspecified atom stereocenters. The number of carbonyl (C=O) groups excluding carboxylic acids is 1. The van der Waals surface area contributed by atoms with Gasteiger partial charge in [0.05, 0.1) is 12.7 Å². The Morgan fingerprint density at radius 1 is 1.27 bits per heavy atom. The van der Waals surface area contributed by atoms with Gasteiger partial charge in [0.1, 0.15) is 5.76 Å². The lowest BCUT2D eigenvalue weighted by Gasteiger charge is -2.13. The highest BCUT2D eigenvalue weighted by Gasteiger charge is 2.11. The predicted molar refractivity (Wildman–Crippen MR) is 86.6 cm³/mol. The zero-order chi connectivity index (χ0) is 15.4. The van der Waals surface area contributed by atoms with Gasteiger partial charge in [0.15, 0.2) is 0 Å². The van der Waals surface area contributed by atoms with Gasteiger partial charge >= 0.3 is 0 Å². The minimum absolute atomic E-state index is 0.0525. The van der Waals surface area contributed by atoms with Crippen molar-refractivity contribution in [2.45, 2.75) is 32.2 Å². The first-order chi connectivity index (χ1) is 10.7. The summed E-state index contributed by atoms with van der Waals surface area (Å²) in [5, 5.41) is 4.16. The number of fused-ring (bicyclic) bond motifs is 1. The number of benzene rings is 1. The number of aryl methyl sites for hydroxylation is 1. The second kappa shape index (κ2) is 6.52. The van der Waals surface area contributed by atoms with Crippen LogP contribution in [0, 0.1) is 0 Å². The molecule has 4 heteroatoms. The summed E-state index contributed by atoms with van der Waals surface area (Å²) in [4.78, 5) is 15.4. The number of nitrogens with one attached hydrogen (secondary N) is 2. The van der Waals surface area contributed by atoms with Crippen molar-refractivity contribution in [3.63, 3.8) is 0 Å². The molecule has 114 valence electrons. The number of hydrogen-bond acceptors (Lipinski definition) is 2. The molecule has 2 aromatic heterocycles. The molecule has 0 saturated heterocycles. The Bertz CT molecular complexity index is 743. The van der Waals surface area contributed by atoms with Crippen molar-refractivity contribution in [3.8, 4) is 0 Å². The van der Waals surface area contributed by atoms with Gasteiger partial charge in [-0.1, -0.05) is 18.2 Å². The van der Waals surface area contributed by atoms with Crippen molar-refractivity contribution in [1.29, 1.82) is 0 Å². The Morgan fingerprint density at radius 2 is 2.14 bits per heavy atom. The Labute approximate surface area is 129 Å². The van der Waals surface area contributed by atoms with Crippen LogP contribution in [0.5, 0.6) is 0 Å². The molecular weight excluding hydrogens is 276 g/mol. The molecule has 0 aliphatic carbocycles. The van der Waals surface area contributed by atoms with E-state index in [2.05, 4.69) is 10.3 Å². The first kappa shape index (κ1) is 14.4. The van der Waals surface area contributed by atoms with E-state index in [0.29, 0.717) is 6.42 Å². The quantitative estimate of drug-likeness (QED) is 0.732. The third kappa shape index (κ3) is 3.39. The van der Waals surface area contributed by atoms with E-state index in [-0.39, 0.29) is 11.9 Å². The lowest BCUT2D eigenvalue weighted by Crippen LogP contribution is -2.33. The third-order valence-corrected chi connectivity index (χ3v) is 3.84. The highest BCUT2D eigenvalue weighted by atomic mass is 16.3. The lowest BCUT2D eigenvalue weighted by molar-refractivity contribution is -0.121. The topological polar surface area (TPSA) is 58.0 Å². The molecular formula is C18H20N2O2. The van der Waals surface area contributed by atoms with Crippen LogP contribution in [0.25, 0.3) is 10.9 Å². The van der Waals surface area contributed by atoms with E-state index in [0.717, 1.165) is 35.1 Å². The summed E-state index contributed by atoms with van der Waals surface area (Å²) < 4.78 is 5.31. The van der Waals surface area contributed by atoms with Crippen molar-refractivity contribution >= 4 is 16.8 Å². The zero-order valence-electron chi connectivity index (χ0n) is 12.6. The summed E-state index contributed by atoms with van der Waals surface area (Å²) in [6.45, 7) is 2.02. The maximum absolute atomic E-state index is 12.2. The van der Waals surface area contributed by atoms with Crippen LogP contribution < -0.4 is 5.32 Å². The van der Waals surface area contributed by atoms with Crippen LogP contribution >= 0.6 is 0 Å². The molecule has 0 aliphatic heterocycles. The number of furan rings is 1. The molecule has 2 heterocycles. The second-order valence-corrected chi connectivity index (χ2v) is 5.62. The molecule has 1 aromatic carbocycles. The van der Waals surface area contributed by atoms with Gasteiger partial charge in [0.25, 0.3) is 0 Å². The SMILES string of the molecule is C[C@@H](CCc1ccco1)NC(=O)Cc1c[nH]c2ccccc12. The van der Waals surface area contributed by atoms with E-state index < -0.39 is 0 Å². The molecule has 2 N–H and O–H groups in total. The van der Waals surface area contributed by atoms with Crippen molar-refractivity contribution in [2.75, 3.05) is 0 Å². The number of hydrogen-bond donors (Lipinski definition) is 2. The average Bonchev–Trinajstić information content (AvgIpc) is 3.15. The first-order valence-corrected chi connectivity index (χ1v) is 7.59. The van der Waals surface area contributed by atoms with Gasteiger partial charge in [0.2, 0.25) is 5.91 Å². The number of para-hydroxylation sites is 1. The zero-order valence-corrected chi connectivity index (χ0v) is 12.6. The monoisotopic (exact) mass is 296 g/mol. The smallest absolute Gasteiger partial charge is 0.224 e. The summed E-state index contributed by atoms with van der Waals surface area (Å²) in [5.74, 6) is 1.01. The van der Waals surface area contributed by atoms with Crippen LogP contribution in [0.1, 0.15) is 24.7 Å². The Kier molecular flexibility index (Phi) is 4.28. The molecule has 1 atom stereocenters. The number of amides is 1. The fourth-order valence-corrected chi connectivity index (χ4v) is 2.66. The minimum atomic E-state index is 0.0525. The fraction of sp³-hybridized carbons (Fsp3) is 0.278. The summed E-state index contributed by atoms with van der Waals surface area (Å²) in [6, 6.07) is 12.0. The second-order valence-electron chi connectivity index (χ2n) is 5.62. The maximum Gasteiger partial charge on any atom is 0.224 e. The van der Waals surface area contributed by atoms with Crippen molar-refractivity contribution in [3.05, 3.63) is 60.2 Å². The molecule has 0 aliphatic rings. The highest BCUT2D eigenvalue weighted by molar-refractivity contribution is 5.88. The van der Waals surface area contributed by atoms with Crippen LogP contribution in [0.2, 0.25) is 0 Å². The van der Waals surface area contributed by atoms with Crippen LogP contribution in [-0.2, 0) is 17.6 Å². The van der Waals surface area contributed by atoms with Gasteiger partial charge in [-0.25, -0.2) is 0 Å². The van der Waals surface area contributed by atoms with E-state index in [9.17, 15) is 4.79 Å². The molecule has 1 amide bonds. The van der Waals surface area contributed by atoms with Crippen molar-refractivity contribution in [2.24, 2.45) is 0 Å². The van der Waals surface area contributed by atoms with E-state index in [1.807, 2.05) is 49.5 Å². The molecule has 0 saturated carbocycles. The Balaban J connectivity index is 1.53. The summed E-state index contributed by atoms with van der Waals surface area (Å²) in [5.41, 5.74) is 2.10. The number of aromatic amines is 1. The van der Waals surface area contributed by atoms with E-state index in [4.69, 9.17) is 4.42 Å². The average molecular weight is 296 g/mol. The fourth-order valence-electron chi connectivity index (χ4n) is 2.66. The number of rotatable bonds is 6. The van der Waals surface area contributed by atoms with Crippen LogP contribution in [0.4, 0.5) is 0 Å². The Morgan fingerprint density at radius 3 is 2.95 bits per heavy atom. The van der Waals surface area contributed by atoms with Crippen LogP contribution in [0.3, 0.4) is 0 Å². The molecule has 0 fully saturated rings. The lowest BCUT2D eigenvalue weighted by atomic mass is 10.1. The van der Waals surface area contributed by atoms with Gasteiger partial charge < -0.3 is 14.7 Å². The molecule has 0 bridgehead atoms. The summed E-state index contributed by atoms with van der Waals surface area (Å²) in [7, 11) is 0.